The van der Waals surface area contributed by atoms with Gasteiger partial charge >= 0.3 is 5.97 Å². The highest BCUT2D eigenvalue weighted by Gasteiger charge is 2.25. The quantitative estimate of drug-likeness (QED) is 0.497. The van der Waals surface area contributed by atoms with E-state index in [1.165, 1.54) is 12.1 Å². The zero-order chi connectivity index (χ0) is 15.0. The number of phenols is 1. The summed E-state index contributed by atoms with van der Waals surface area (Å²) < 4.78 is 5.29. The molecule has 1 aromatic rings. The Morgan fingerprint density at radius 3 is 2.25 bits per heavy atom. The van der Waals surface area contributed by atoms with Gasteiger partial charge in [0.05, 0.1) is 5.92 Å². The molecule has 0 aliphatic heterocycles. The molecule has 1 aliphatic carbocycles. The van der Waals surface area contributed by atoms with Gasteiger partial charge in [-0.15, -0.1) is 6.58 Å². The van der Waals surface area contributed by atoms with E-state index in [0.29, 0.717) is 5.75 Å². The monoisotopic (exact) mass is 276 g/mol. The lowest BCUT2D eigenvalue weighted by atomic mass is 9.83. The van der Waals surface area contributed by atoms with Crippen molar-refractivity contribution in [3.05, 3.63) is 36.9 Å². The first kappa shape index (κ1) is 16.3. The molecule has 110 valence electrons. The van der Waals surface area contributed by atoms with E-state index in [1.807, 2.05) is 6.92 Å². The summed E-state index contributed by atoms with van der Waals surface area (Å²) in [6, 6.07) is 6.26. The fourth-order valence-corrected chi connectivity index (χ4v) is 2.21. The van der Waals surface area contributed by atoms with Crippen molar-refractivity contribution in [2.75, 3.05) is 0 Å². The summed E-state index contributed by atoms with van der Waals surface area (Å²) in [7, 11) is 0. The van der Waals surface area contributed by atoms with Crippen LogP contribution in [-0.2, 0) is 4.79 Å². The number of benzene rings is 1. The van der Waals surface area contributed by atoms with Gasteiger partial charge in [-0.25, -0.2) is 0 Å². The first-order chi connectivity index (χ1) is 9.56. The normalized spacial score (nSPS) is 21.3. The van der Waals surface area contributed by atoms with Crippen molar-refractivity contribution in [2.24, 2.45) is 11.8 Å². The second-order valence-corrected chi connectivity index (χ2v) is 5.28. The minimum Gasteiger partial charge on any atom is -0.508 e. The lowest BCUT2D eigenvalue weighted by Crippen LogP contribution is -2.24. The fraction of sp³-hybridized carbons (Fsp3) is 0.471. The highest BCUT2D eigenvalue weighted by Crippen LogP contribution is 2.29. The van der Waals surface area contributed by atoms with Gasteiger partial charge in [0.25, 0.3) is 0 Å². The van der Waals surface area contributed by atoms with Gasteiger partial charge in [0, 0.05) is 0 Å². The Morgan fingerprint density at radius 1 is 1.25 bits per heavy atom. The van der Waals surface area contributed by atoms with Crippen LogP contribution in [0.2, 0.25) is 0 Å². The van der Waals surface area contributed by atoms with Gasteiger partial charge in [0.2, 0.25) is 0 Å². The van der Waals surface area contributed by atoms with Crippen molar-refractivity contribution in [2.45, 2.75) is 39.5 Å². The van der Waals surface area contributed by atoms with Gasteiger partial charge in [0.1, 0.15) is 11.5 Å². The van der Waals surface area contributed by atoms with Crippen LogP contribution in [-0.4, -0.2) is 11.1 Å². The van der Waals surface area contributed by atoms with Crippen molar-refractivity contribution in [3.8, 4) is 11.5 Å². The molecule has 0 bridgehead atoms. The molecule has 0 radical (unpaired) electrons. The number of phenolic OH excluding ortho intramolecular Hbond substituents is 1. The molecular weight excluding hydrogens is 252 g/mol. The second-order valence-electron chi connectivity index (χ2n) is 5.28. The van der Waals surface area contributed by atoms with Crippen LogP contribution in [0.3, 0.4) is 0 Å². The van der Waals surface area contributed by atoms with E-state index in [1.54, 1.807) is 18.2 Å². The van der Waals surface area contributed by atoms with E-state index in [2.05, 4.69) is 13.5 Å². The van der Waals surface area contributed by atoms with E-state index in [-0.39, 0.29) is 17.6 Å². The molecule has 0 atom stereocenters. The smallest absolute Gasteiger partial charge is 0.314 e. The van der Waals surface area contributed by atoms with Gasteiger partial charge in [-0.1, -0.05) is 13.0 Å². The van der Waals surface area contributed by atoms with Gasteiger partial charge in [-0.2, -0.15) is 0 Å². The average molecular weight is 276 g/mol. The second kappa shape index (κ2) is 8.41. The third-order valence-electron chi connectivity index (χ3n) is 3.40. The predicted octanol–water partition coefficient (Wildman–Crippen LogP) is 4.32. The number of esters is 1. The number of carbonyl (C=O) groups excluding carboxylic acids is 1. The molecular formula is C17H24O3. The number of ether oxygens (including phenoxy) is 1. The Labute approximate surface area is 121 Å². The molecule has 0 amide bonds. The Balaban J connectivity index is 0.000000612. The van der Waals surface area contributed by atoms with Crippen LogP contribution < -0.4 is 4.74 Å². The number of carbonyl (C=O) groups is 1. The fourth-order valence-electron chi connectivity index (χ4n) is 2.21. The molecule has 20 heavy (non-hydrogen) atoms. The van der Waals surface area contributed by atoms with Crippen molar-refractivity contribution in [1.82, 2.24) is 0 Å². The molecule has 0 aromatic heterocycles. The Bertz CT molecular complexity index is 414. The standard InChI is InChI=1S/C14H18O3.C3H6/c1-10-2-4-11(5-3-10)14(16)17-13-8-6-12(15)7-9-13;1-3-2/h6-11,15H,2-5H2,1H3;3H,1H2,2H3. The van der Waals surface area contributed by atoms with Crippen LogP contribution in [0.5, 0.6) is 11.5 Å². The molecule has 1 fully saturated rings. The van der Waals surface area contributed by atoms with Gasteiger partial charge in [-0.3, -0.25) is 4.79 Å². The van der Waals surface area contributed by atoms with E-state index in [9.17, 15) is 4.79 Å². The maximum Gasteiger partial charge on any atom is 0.314 e. The van der Waals surface area contributed by atoms with E-state index >= 15 is 0 Å². The highest BCUT2D eigenvalue weighted by molar-refractivity contribution is 5.75. The van der Waals surface area contributed by atoms with Gasteiger partial charge in [0.15, 0.2) is 0 Å². The minimum atomic E-state index is -0.136. The van der Waals surface area contributed by atoms with Crippen LogP contribution in [0, 0.1) is 11.8 Å². The molecule has 2 rings (SSSR count). The van der Waals surface area contributed by atoms with Crippen molar-refractivity contribution in [1.29, 1.82) is 0 Å². The van der Waals surface area contributed by atoms with E-state index in [0.717, 1.165) is 31.6 Å². The van der Waals surface area contributed by atoms with Crippen LogP contribution in [0.1, 0.15) is 39.5 Å². The zero-order valence-electron chi connectivity index (χ0n) is 12.3. The molecule has 0 saturated heterocycles. The van der Waals surface area contributed by atoms with Crippen LogP contribution >= 0.6 is 0 Å². The van der Waals surface area contributed by atoms with Gasteiger partial charge < -0.3 is 9.84 Å². The molecule has 0 unspecified atom stereocenters. The lowest BCUT2D eigenvalue weighted by molar-refractivity contribution is -0.140. The first-order valence-electron chi connectivity index (χ1n) is 7.14. The predicted molar refractivity (Wildman–Crippen MR) is 80.7 cm³/mol. The third-order valence-corrected chi connectivity index (χ3v) is 3.40. The van der Waals surface area contributed by atoms with E-state index in [4.69, 9.17) is 9.84 Å². The summed E-state index contributed by atoms with van der Waals surface area (Å²) in [5, 5.41) is 9.13. The minimum absolute atomic E-state index is 0.0417. The maximum atomic E-state index is 11.9. The molecule has 1 N–H and O–H groups in total. The summed E-state index contributed by atoms with van der Waals surface area (Å²) in [5.41, 5.74) is 0. The Kier molecular flexibility index (Phi) is 6.85. The molecule has 1 aromatic carbocycles. The number of aromatic hydroxyl groups is 1. The summed E-state index contributed by atoms with van der Waals surface area (Å²) in [6.07, 6.45) is 5.82. The molecule has 1 saturated carbocycles. The largest absolute Gasteiger partial charge is 0.508 e. The molecule has 0 heterocycles. The van der Waals surface area contributed by atoms with Crippen molar-refractivity contribution in [3.63, 3.8) is 0 Å². The van der Waals surface area contributed by atoms with E-state index < -0.39 is 0 Å². The Hall–Kier alpha value is -1.77. The third kappa shape index (κ3) is 5.47. The topological polar surface area (TPSA) is 46.5 Å². The number of rotatable bonds is 2. The lowest BCUT2D eigenvalue weighted by Gasteiger charge is -2.24. The molecule has 1 aliphatic rings. The number of allylic oxidation sites excluding steroid dienone is 1. The summed E-state index contributed by atoms with van der Waals surface area (Å²) in [6.45, 7) is 7.47. The molecule has 0 spiro atoms. The first-order valence-corrected chi connectivity index (χ1v) is 7.14. The van der Waals surface area contributed by atoms with Crippen LogP contribution in [0.4, 0.5) is 0 Å². The highest BCUT2D eigenvalue weighted by atomic mass is 16.5. The summed E-state index contributed by atoms with van der Waals surface area (Å²) in [4.78, 5) is 11.9. The van der Waals surface area contributed by atoms with Crippen molar-refractivity contribution >= 4 is 5.97 Å². The zero-order valence-corrected chi connectivity index (χ0v) is 12.3. The van der Waals surface area contributed by atoms with Crippen LogP contribution in [0.15, 0.2) is 36.9 Å². The summed E-state index contributed by atoms with van der Waals surface area (Å²) >= 11 is 0. The Morgan fingerprint density at radius 2 is 1.75 bits per heavy atom. The SMILES string of the molecule is C=CC.CC1CCC(C(=O)Oc2ccc(O)cc2)CC1. The summed E-state index contributed by atoms with van der Waals surface area (Å²) in [5.74, 6) is 1.32. The number of hydrogen-bond donors (Lipinski definition) is 1. The molecule has 3 heteroatoms. The van der Waals surface area contributed by atoms with Gasteiger partial charge in [-0.05, 0) is 62.8 Å². The van der Waals surface area contributed by atoms with Crippen LogP contribution in [0.25, 0.3) is 0 Å². The maximum absolute atomic E-state index is 11.9. The van der Waals surface area contributed by atoms with Crippen molar-refractivity contribution < 1.29 is 14.6 Å². The number of hydrogen-bond acceptors (Lipinski definition) is 3. The average Bonchev–Trinajstić information content (AvgIpc) is 2.43. The molecule has 3 nitrogen and oxygen atoms in total.